The molecular formula is C20H20N4O4. The number of para-hydroxylation sites is 1. The minimum atomic E-state index is -0.273. The molecule has 4 rings (SSSR count). The lowest BCUT2D eigenvalue weighted by atomic mass is 10.0. The number of carbonyl (C=O) groups is 1. The van der Waals surface area contributed by atoms with Crippen LogP contribution < -0.4 is 10.3 Å². The van der Waals surface area contributed by atoms with Gasteiger partial charge in [-0.05, 0) is 37.5 Å². The average molecular weight is 380 g/mol. The lowest BCUT2D eigenvalue weighted by Gasteiger charge is -2.33. The van der Waals surface area contributed by atoms with Crippen LogP contribution >= 0.6 is 0 Å². The number of aromatic amines is 1. The summed E-state index contributed by atoms with van der Waals surface area (Å²) < 4.78 is 11.0. The number of H-pyrrole nitrogens is 1. The van der Waals surface area contributed by atoms with Gasteiger partial charge in [0.25, 0.3) is 5.91 Å². The van der Waals surface area contributed by atoms with E-state index in [1.807, 2.05) is 30.3 Å². The minimum absolute atomic E-state index is 0.0402. The summed E-state index contributed by atoms with van der Waals surface area (Å²) in [7, 11) is 0. The van der Waals surface area contributed by atoms with Crippen molar-refractivity contribution in [1.29, 1.82) is 0 Å². The summed E-state index contributed by atoms with van der Waals surface area (Å²) in [5.41, 5.74) is 0.450. The Morgan fingerprint density at radius 2 is 2.07 bits per heavy atom. The zero-order valence-corrected chi connectivity index (χ0v) is 15.2. The molecule has 1 aromatic carbocycles. The lowest BCUT2D eigenvalue weighted by molar-refractivity contribution is -0.138. The van der Waals surface area contributed by atoms with Crippen molar-refractivity contribution in [2.45, 2.75) is 25.3 Å². The molecule has 144 valence electrons. The van der Waals surface area contributed by atoms with Crippen LogP contribution in [-0.4, -0.2) is 39.1 Å². The van der Waals surface area contributed by atoms with Gasteiger partial charge in [0.2, 0.25) is 17.3 Å². The highest BCUT2D eigenvalue weighted by Gasteiger charge is 2.32. The molecule has 0 aliphatic carbocycles. The third-order valence-corrected chi connectivity index (χ3v) is 4.70. The number of aromatic nitrogens is 3. The highest BCUT2D eigenvalue weighted by molar-refractivity contribution is 5.78. The fraction of sp³-hybridized carbons (Fsp3) is 0.300. The largest absolute Gasteiger partial charge is 0.484 e. The van der Waals surface area contributed by atoms with Crippen molar-refractivity contribution in [3.05, 3.63) is 64.9 Å². The molecule has 0 radical (unpaired) electrons. The maximum Gasteiger partial charge on any atom is 0.261 e. The predicted octanol–water partition coefficient (Wildman–Crippen LogP) is 2.56. The fourth-order valence-electron chi connectivity index (χ4n) is 3.27. The summed E-state index contributed by atoms with van der Waals surface area (Å²) in [5, 5.41) is 4.00. The number of likely N-dealkylation sites (tertiary alicyclic amines) is 1. The fourth-order valence-corrected chi connectivity index (χ4v) is 3.27. The van der Waals surface area contributed by atoms with Gasteiger partial charge >= 0.3 is 0 Å². The Kier molecular flexibility index (Phi) is 5.18. The molecule has 0 spiro atoms. The standard InChI is InChI=1S/C20H20N4O4/c25-17-10-9-14(12-21-17)19-22-20(28-23-19)16-8-4-5-11-24(16)18(26)13-27-15-6-2-1-3-7-15/h1-3,6-7,9-10,12,16H,4-5,8,11,13H2,(H,21,25). The Hall–Kier alpha value is -3.42. The van der Waals surface area contributed by atoms with Crippen LogP contribution in [0.4, 0.5) is 0 Å². The van der Waals surface area contributed by atoms with Crippen LogP contribution in [0.5, 0.6) is 5.75 Å². The summed E-state index contributed by atoms with van der Waals surface area (Å²) in [5.74, 6) is 1.32. The van der Waals surface area contributed by atoms with Crippen LogP contribution in [0.15, 0.2) is 58.0 Å². The number of nitrogens with one attached hydrogen (secondary N) is 1. The van der Waals surface area contributed by atoms with Crippen molar-refractivity contribution in [2.24, 2.45) is 0 Å². The molecule has 2 aromatic heterocycles. The maximum atomic E-state index is 12.7. The summed E-state index contributed by atoms with van der Waals surface area (Å²) in [6.45, 7) is 0.583. The highest BCUT2D eigenvalue weighted by Crippen LogP contribution is 2.31. The molecule has 1 aliphatic rings. The normalized spacial score (nSPS) is 16.7. The van der Waals surface area contributed by atoms with Crippen molar-refractivity contribution in [3.8, 4) is 17.1 Å². The van der Waals surface area contributed by atoms with E-state index in [2.05, 4.69) is 15.1 Å². The van der Waals surface area contributed by atoms with E-state index in [1.165, 1.54) is 12.3 Å². The molecule has 1 saturated heterocycles. The molecule has 1 fully saturated rings. The minimum Gasteiger partial charge on any atom is -0.484 e. The molecule has 1 N–H and O–H groups in total. The second kappa shape index (κ2) is 8.08. The number of piperidine rings is 1. The van der Waals surface area contributed by atoms with E-state index in [4.69, 9.17) is 9.26 Å². The third kappa shape index (κ3) is 3.95. The van der Waals surface area contributed by atoms with E-state index in [9.17, 15) is 9.59 Å². The van der Waals surface area contributed by atoms with E-state index < -0.39 is 0 Å². The van der Waals surface area contributed by atoms with Gasteiger partial charge in [-0.15, -0.1) is 0 Å². The molecule has 28 heavy (non-hydrogen) atoms. The Bertz CT molecular complexity index is 978. The van der Waals surface area contributed by atoms with E-state index in [-0.39, 0.29) is 24.1 Å². The number of benzene rings is 1. The zero-order valence-electron chi connectivity index (χ0n) is 15.2. The monoisotopic (exact) mass is 380 g/mol. The molecule has 0 saturated carbocycles. The molecule has 3 heterocycles. The van der Waals surface area contributed by atoms with Crippen LogP contribution in [-0.2, 0) is 4.79 Å². The van der Waals surface area contributed by atoms with Crippen LogP contribution in [0.2, 0.25) is 0 Å². The molecule has 1 atom stereocenters. The van der Waals surface area contributed by atoms with Gasteiger partial charge in [0.1, 0.15) is 11.8 Å². The highest BCUT2D eigenvalue weighted by atomic mass is 16.5. The van der Waals surface area contributed by atoms with Gasteiger partial charge in [0.15, 0.2) is 6.61 Å². The van der Waals surface area contributed by atoms with Crippen molar-refractivity contribution < 1.29 is 14.1 Å². The molecule has 0 bridgehead atoms. The van der Waals surface area contributed by atoms with Crippen molar-refractivity contribution in [2.75, 3.05) is 13.2 Å². The van der Waals surface area contributed by atoms with E-state index >= 15 is 0 Å². The van der Waals surface area contributed by atoms with Gasteiger partial charge in [-0.25, -0.2) is 0 Å². The van der Waals surface area contributed by atoms with Crippen molar-refractivity contribution in [1.82, 2.24) is 20.0 Å². The summed E-state index contributed by atoms with van der Waals surface area (Å²) in [6, 6.07) is 12.0. The zero-order chi connectivity index (χ0) is 19.3. The molecule has 8 nitrogen and oxygen atoms in total. The predicted molar refractivity (Wildman–Crippen MR) is 101 cm³/mol. The lowest BCUT2D eigenvalue weighted by Crippen LogP contribution is -2.41. The van der Waals surface area contributed by atoms with Gasteiger partial charge in [0, 0.05) is 24.4 Å². The number of amides is 1. The summed E-state index contributed by atoms with van der Waals surface area (Å²) in [4.78, 5) is 32.7. The molecule has 1 unspecified atom stereocenters. The number of carbonyl (C=O) groups excluding carboxylic acids is 1. The maximum absolute atomic E-state index is 12.7. The van der Waals surface area contributed by atoms with Gasteiger partial charge in [-0.2, -0.15) is 4.98 Å². The Labute approximate surface area is 161 Å². The Morgan fingerprint density at radius 1 is 1.21 bits per heavy atom. The molecular weight excluding hydrogens is 360 g/mol. The Balaban J connectivity index is 1.48. The van der Waals surface area contributed by atoms with Crippen LogP contribution in [0, 0.1) is 0 Å². The topological polar surface area (TPSA) is 101 Å². The first kappa shape index (κ1) is 18.0. The van der Waals surface area contributed by atoms with Crippen LogP contribution in [0.1, 0.15) is 31.2 Å². The van der Waals surface area contributed by atoms with Gasteiger partial charge in [0.05, 0.1) is 0 Å². The molecule has 8 heteroatoms. The SMILES string of the molecule is O=C(COc1ccccc1)N1CCCCC1c1nc(-c2ccc(=O)[nH]c2)no1. The first-order valence-corrected chi connectivity index (χ1v) is 9.21. The number of hydrogen-bond acceptors (Lipinski definition) is 6. The molecule has 1 amide bonds. The second-order valence-electron chi connectivity index (χ2n) is 6.60. The summed E-state index contributed by atoms with van der Waals surface area (Å²) in [6.07, 6.45) is 4.19. The third-order valence-electron chi connectivity index (χ3n) is 4.70. The summed E-state index contributed by atoms with van der Waals surface area (Å²) >= 11 is 0. The van der Waals surface area contributed by atoms with E-state index in [0.717, 1.165) is 19.3 Å². The number of ether oxygens (including phenoxy) is 1. The van der Waals surface area contributed by atoms with E-state index in [1.54, 1.807) is 11.0 Å². The number of nitrogens with zero attached hydrogens (tertiary/aromatic N) is 3. The van der Waals surface area contributed by atoms with Gasteiger partial charge in [-0.1, -0.05) is 23.4 Å². The quantitative estimate of drug-likeness (QED) is 0.730. The van der Waals surface area contributed by atoms with Crippen molar-refractivity contribution in [3.63, 3.8) is 0 Å². The molecule has 1 aliphatic heterocycles. The number of hydrogen-bond donors (Lipinski definition) is 1. The first-order chi connectivity index (χ1) is 13.7. The smallest absolute Gasteiger partial charge is 0.261 e. The number of pyridine rings is 1. The second-order valence-corrected chi connectivity index (χ2v) is 6.60. The first-order valence-electron chi connectivity index (χ1n) is 9.21. The Morgan fingerprint density at radius 3 is 2.86 bits per heavy atom. The van der Waals surface area contributed by atoms with Crippen molar-refractivity contribution >= 4 is 5.91 Å². The van der Waals surface area contributed by atoms with Gasteiger partial charge < -0.3 is 19.1 Å². The number of rotatable bonds is 5. The van der Waals surface area contributed by atoms with Crippen LogP contribution in [0.25, 0.3) is 11.4 Å². The average Bonchev–Trinajstić information content (AvgIpc) is 3.23. The van der Waals surface area contributed by atoms with Crippen LogP contribution in [0.3, 0.4) is 0 Å². The van der Waals surface area contributed by atoms with Gasteiger partial charge in [-0.3, -0.25) is 9.59 Å². The van der Waals surface area contributed by atoms with E-state index in [0.29, 0.717) is 29.6 Å². The molecule has 3 aromatic rings.